The first-order chi connectivity index (χ1) is 5.41. The van der Waals surface area contributed by atoms with Crippen molar-refractivity contribution in [2.45, 2.75) is 60.8 Å². The normalized spacial score (nSPS) is 15.2. The molecule has 0 fully saturated rings. The number of rotatable bonds is 4. The fourth-order valence-electron chi connectivity index (χ4n) is 1.48. The molecule has 0 aromatic carbocycles. The van der Waals surface area contributed by atoms with Gasteiger partial charge in [-0.3, -0.25) is 0 Å². The second-order valence-corrected chi connectivity index (χ2v) is 5.19. The zero-order chi connectivity index (χ0) is 9.78. The van der Waals surface area contributed by atoms with Gasteiger partial charge >= 0.3 is 0 Å². The second kappa shape index (κ2) is 4.89. The average molecular weight is 170 g/mol. The van der Waals surface area contributed by atoms with Crippen LogP contribution in [0, 0.1) is 17.3 Å². The van der Waals surface area contributed by atoms with Crippen LogP contribution in [0.5, 0.6) is 0 Å². The average Bonchev–Trinajstić information content (AvgIpc) is 1.97. The molecule has 0 saturated carbocycles. The molecule has 0 unspecified atom stereocenters. The van der Waals surface area contributed by atoms with E-state index in [2.05, 4.69) is 41.5 Å². The summed E-state index contributed by atoms with van der Waals surface area (Å²) in [6, 6.07) is 0. The maximum atomic E-state index is 2.39. The Labute approximate surface area is 78.8 Å². The predicted molar refractivity (Wildman–Crippen MR) is 57.3 cm³/mol. The zero-order valence-corrected chi connectivity index (χ0v) is 9.78. The molecule has 12 heavy (non-hydrogen) atoms. The zero-order valence-electron chi connectivity index (χ0n) is 9.78. The molecule has 0 saturated heterocycles. The van der Waals surface area contributed by atoms with Crippen LogP contribution in [0.4, 0.5) is 0 Å². The summed E-state index contributed by atoms with van der Waals surface area (Å²) in [4.78, 5) is 0. The van der Waals surface area contributed by atoms with Crippen molar-refractivity contribution < 1.29 is 0 Å². The smallest absolute Gasteiger partial charge is 0.0357 e. The van der Waals surface area contributed by atoms with Crippen LogP contribution in [0.1, 0.15) is 60.8 Å². The van der Waals surface area contributed by atoms with Gasteiger partial charge < -0.3 is 0 Å². The highest BCUT2D eigenvalue weighted by atomic mass is 14.3. The van der Waals surface area contributed by atoms with E-state index in [0.717, 1.165) is 11.8 Å². The highest BCUT2D eigenvalue weighted by molar-refractivity contribution is 4.72. The topological polar surface area (TPSA) is 0 Å². The summed E-state index contributed by atoms with van der Waals surface area (Å²) in [7, 11) is 0. The first-order valence-corrected chi connectivity index (χ1v) is 5.41. The first kappa shape index (κ1) is 12.0. The monoisotopic (exact) mass is 170 g/mol. The summed E-state index contributed by atoms with van der Waals surface area (Å²) >= 11 is 0. The molecule has 0 rings (SSSR count). The van der Waals surface area contributed by atoms with Crippen LogP contribution in [-0.4, -0.2) is 0 Å². The van der Waals surface area contributed by atoms with Crippen molar-refractivity contribution in [1.82, 2.24) is 0 Å². The first-order valence-electron chi connectivity index (χ1n) is 5.41. The van der Waals surface area contributed by atoms with Gasteiger partial charge in [-0.05, 0) is 23.7 Å². The molecule has 0 spiro atoms. The third-order valence-corrected chi connectivity index (χ3v) is 3.32. The van der Waals surface area contributed by atoms with Crippen molar-refractivity contribution in [3.8, 4) is 0 Å². The molecule has 0 heterocycles. The minimum absolute atomic E-state index is 0.489. The number of hydrogen-bond donors (Lipinski definition) is 0. The van der Waals surface area contributed by atoms with E-state index >= 15 is 0 Å². The third-order valence-electron chi connectivity index (χ3n) is 3.32. The molecule has 0 bridgehead atoms. The quantitative estimate of drug-likeness (QED) is 0.583. The molecule has 0 aliphatic carbocycles. The van der Waals surface area contributed by atoms with Gasteiger partial charge in [0.25, 0.3) is 0 Å². The Balaban J connectivity index is 3.90. The minimum Gasteiger partial charge on any atom is -0.0651 e. The molecule has 74 valence electrons. The van der Waals surface area contributed by atoms with Crippen LogP contribution in [0.2, 0.25) is 0 Å². The van der Waals surface area contributed by atoms with Crippen molar-refractivity contribution in [3.05, 3.63) is 0 Å². The van der Waals surface area contributed by atoms with E-state index in [1.165, 1.54) is 19.3 Å². The Morgan fingerprint density at radius 3 is 1.67 bits per heavy atom. The van der Waals surface area contributed by atoms with Gasteiger partial charge in [0.2, 0.25) is 0 Å². The fourth-order valence-corrected chi connectivity index (χ4v) is 1.48. The third kappa shape index (κ3) is 4.13. The van der Waals surface area contributed by atoms with Crippen molar-refractivity contribution in [3.63, 3.8) is 0 Å². The van der Waals surface area contributed by atoms with E-state index in [4.69, 9.17) is 0 Å². The van der Waals surface area contributed by atoms with Crippen molar-refractivity contribution in [2.24, 2.45) is 17.3 Å². The van der Waals surface area contributed by atoms with Gasteiger partial charge in [0.05, 0.1) is 0 Å². The summed E-state index contributed by atoms with van der Waals surface area (Å²) in [5.41, 5.74) is 0.489. The van der Waals surface area contributed by atoms with Crippen LogP contribution < -0.4 is 0 Å². The molecule has 0 radical (unpaired) electrons. The summed E-state index contributed by atoms with van der Waals surface area (Å²) in [6.07, 6.45) is 4.09. The van der Waals surface area contributed by atoms with Gasteiger partial charge in [-0.15, -0.1) is 0 Å². The molecule has 0 aromatic rings. The van der Waals surface area contributed by atoms with E-state index in [-0.39, 0.29) is 0 Å². The lowest BCUT2D eigenvalue weighted by molar-refractivity contribution is 0.209. The highest BCUT2D eigenvalue weighted by Crippen LogP contribution is 2.32. The Kier molecular flexibility index (Phi) is 4.89. The maximum Gasteiger partial charge on any atom is -0.0357 e. The summed E-state index contributed by atoms with van der Waals surface area (Å²) in [5.74, 6) is 1.79. The van der Waals surface area contributed by atoms with Crippen LogP contribution in [0.25, 0.3) is 0 Å². The molecule has 0 heteroatoms. The lowest BCUT2D eigenvalue weighted by Crippen LogP contribution is -2.20. The largest absolute Gasteiger partial charge is 0.0651 e. The van der Waals surface area contributed by atoms with Crippen molar-refractivity contribution >= 4 is 0 Å². The van der Waals surface area contributed by atoms with Crippen LogP contribution in [0.3, 0.4) is 0 Å². The Bertz CT molecular complexity index is 104. The predicted octanol–water partition coefficient (Wildman–Crippen LogP) is 4.49. The van der Waals surface area contributed by atoms with Crippen LogP contribution in [0.15, 0.2) is 0 Å². The molecule has 0 N–H and O–H groups in total. The molecule has 0 aliphatic rings. The van der Waals surface area contributed by atoms with E-state index in [1.807, 2.05) is 0 Å². The molecular weight excluding hydrogens is 144 g/mol. The highest BCUT2D eigenvalue weighted by Gasteiger charge is 2.21. The summed E-state index contributed by atoms with van der Waals surface area (Å²) in [5, 5.41) is 0. The molecule has 0 nitrogen and oxygen atoms in total. The van der Waals surface area contributed by atoms with Crippen LogP contribution >= 0.6 is 0 Å². The van der Waals surface area contributed by atoms with Gasteiger partial charge in [0.1, 0.15) is 0 Å². The van der Waals surface area contributed by atoms with E-state index in [0.29, 0.717) is 5.41 Å². The van der Waals surface area contributed by atoms with Gasteiger partial charge in [0, 0.05) is 0 Å². The molecule has 0 amide bonds. The summed E-state index contributed by atoms with van der Waals surface area (Å²) in [6.45, 7) is 14.0. The van der Waals surface area contributed by atoms with Crippen molar-refractivity contribution in [1.29, 1.82) is 0 Å². The van der Waals surface area contributed by atoms with E-state index in [1.54, 1.807) is 0 Å². The second-order valence-electron chi connectivity index (χ2n) is 5.19. The van der Waals surface area contributed by atoms with Gasteiger partial charge in [-0.25, -0.2) is 0 Å². The minimum atomic E-state index is 0.489. The molecular formula is C12H26. The van der Waals surface area contributed by atoms with E-state index in [9.17, 15) is 0 Å². The molecule has 0 aliphatic heterocycles. The van der Waals surface area contributed by atoms with Gasteiger partial charge in [0.15, 0.2) is 0 Å². The number of hydrogen-bond acceptors (Lipinski definition) is 0. The Hall–Kier alpha value is 0. The molecule has 0 aromatic heterocycles. The maximum absolute atomic E-state index is 2.39. The Morgan fingerprint density at radius 1 is 1.00 bits per heavy atom. The van der Waals surface area contributed by atoms with Gasteiger partial charge in [-0.1, -0.05) is 54.4 Å². The fraction of sp³-hybridized carbons (Fsp3) is 1.00. The standard InChI is InChI=1S/C12H26/c1-7-11(8-2)9-10(3)12(4,5)6/h10-11H,7-9H2,1-6H3/t10-/m0/s1. The van der Waals surface area contributed by atoms with Gasteiger partial charge in [-0.2, -0.15) is 0 Å². The van der Waals surface area contributed by atoms with Crippen molar-refractivity contribution in [2.75, 3.05) is 0 Å². The lowest BCUT2D eigenvalue weighted by Gasteiger charge is -2.30. The molecule has 1 atom stereocenters. The lowest BCUT2D eigenvalue weighted by atomic mass is 9.76. The summed E-state index contributed by atoms with van der Waals surface area (Å²) < 4.78 is 0. The van der Waals surface area contributed by atoms with Crippen LogP contribution in [-0.2, 0) is 0 Å². The Morgan fingerprint density at radius 2 is 1.42 bits per heavy atom. The van der Waals surface area contributed by atoms with E-state index < -0.39 is 0 Å². The SMILES string of the molecule is CCC(CC)C[C@H](C)C(C)(C)C.